The minimum absolute atomic E-state index is 0.00615. The molecule has 1 aliphatic heterocycles. The standard InChI is InChI=1S/C14H26N2O3/c1-4-10(2)15-14(19)11(3)16-8-6-5-7-12(16)9-13(17)18/h10-12H,4-9H2,1-3H3,(H,15,19)(H,17,18). The molecule has 0 aromatic carbocycles. The first-order valence-electron chi connectivity index (χ1n) is 7.23. The zero-order valence-corrected chi connectivity index (χ0v) is 12.2. The summed E-state index contributed by atoms with van der Waals surface area (Å²) in [5, 5.41) is 11.9. The Kier molecular flexibility index (Phi) is 6.28. The first kappa shape index (κ1) is 16.0. The highest BCUT2D eigenvalue weighted by atomic mass is 16.4. The molecular formula is C14H26N2O3. The summed E-state index contributed by atoms with van der Waals surface area (Å²) in [6.07, 6.45) is 3.98. The quantitative estimate of drug-likeness (QED) is 0.769. The Morgan fingerprint density at radius 2 is 2.05 bits per heavy atom. The van der Waals surface area contributed by atoms with Gasteiger partial charge in [0.05, 0.1) is 12.5 Å². The largest absolute Gasteiger partial charge is 0.481 e. The third kappa shape index (κ3) is 4.82. The lowest BCUT2D eigenvalue weighted by atomic mass is 9.97. The molecular weight excluding hydrogens is 244 g/mol. The maximum absolute atomic E-state index is 12.1. The maximum Gasteiger partial charge on any atom is 0.304 e. The van der Waals surface area contributed by atoms with Gasteiger partial charge in [-0.1, -0.05) is 13.3 Å². The van der Waals surface area contributed by atoms with Gasteiger partial charge in [0.15, 0.2) is 0 Å². The van der Waals surface area contributed by atoms with E-state index in [1.54, 1.807) is 0 Å². The van der Waals surface area contributed by atoms with Crippen molar-refractivity contribution in [3.63, 3.8) is 0 Å². The average molecular weight is 270 g/mol. The second-order valence-electron chi connectivity index (χ2n) is 5.48. The monoisotopic (exact) mass is 270 g/mol. The molecule has 1 heterocycles. The van der Waals surface area contributed by atoms with Crippen molar-refractivity contribution in [1.82, 2.24) is 10.2 Å². The summed E-state index contributed by atoms with van der Waals surface area (Å²) in [4.78, 5) is 25.1. The minimum atomic E-state index is -0.786. The highest BCUT2D eigenvalue weighted by Gasteiger charge is 2.31. The van der Waals surface area contributed by atoms with E-state index in [0.717, 1.165) is 32.2 Å². The van der Waals surface area contributed by atoms with E-state index < -0.39 is 5.97 Å². The number of piperidine rings is 1. The van der Waals surface area contributed by atoms with Crippen LogP contribution in [0.25, 0.3) is 0 Å². The number of nitrogens with zero attached hydrogens (tertiary/aromatic N) is 1. The molecule has 0 saturated carbocycles. The first-order chi connectivity index (χ1) is 8.95. The second-order valence-corrected chi connectivity index (χ2v) is 5.48. The third-order valence-corrected chi connectivity index (χ3v) is 3.96. The number of carboxylic acids is 1. The van der Waals surface area contributed by atoms with Gasteiger partial charge in [-0.15, -0.1) is 0 Å². The van der Waals surface area contributed by atoms with Gasteiger partial charge in [-0.05, 0) is 39.7 Å². The summed E-state index contributed by atoms with van der Waals surface area (Å²) >= 11 is 0. The van der Waals surface area contributed by atoms with E-state index in [4.69, 9.17) is 5.11 Å². The Morgan fingerprint density at radius 3 is 2.63 bits per heavy atom. The molecule has 1 saturated heterocycles. The molecule has 1 rings (SSSR count). The average Bonchev–Trinajstić information content (AvgIpc) is 2.37. The normalized spacial score (nSPS) is 23.6. The molecule has 0 bridgehead atoms. The smallest absolute Gasteiger partial charge is 0.304 e. The van der Waals surface area contributed by atoms with Crippen molar-refractivity contribution in [2.45, 2.75) is 71.0 Å². The molecule has 0 aromatic rings. The van der Waals surface area contributed by atoms with E-state index in [-0.39, 0.29) is 30.5 Å². The Balaban J connectivity index is 2.62. The molecule has 5 nitrogen and oxygen atoms in total. The van der Waals surface area contributed by atoms with Crippen molar-refractivity contribution in [2.24, 2.45) is 0 Å². The van der Waals surface area contributed by atoms with E-state index in [1.165, 1.54) is 0 Å². The summed E-state index contributed by atoms with van der Waals surface area (Å²) in [5.74, 6) is -0.780. The fraction of sp³-hybridized carbons (Fsp3) is 0.857. The number of carbonyl (C=O) groups is 2. The zero-order chi connectivity index (χ0) is 14.4. The van der Waals surface area contributed by atoms with Crippen LogP contribution in [-0.2, 0) is 9.59 Å². The van der Waals surface area contributed by atoms with E-state index in [9.17, 15) is 9.59 Å². The number of likely N-dealkylation sites (tertiary alicyclic amines) is 1. The molecule has 0 aliphatic carbocycles. The van der Waals surface area contributed by atoms with E-state index in [1.807, 2.05) is 20.8 Å². The van der Waals surface area contributed by atoms with Crippen molar-refractivity contribution in [1.29, 1.82) is 0 Å². The van der Waals surface area contributed by atoms with Crippen molar-refractivity contribution < 1.29 is 14.7 Å². The van der Waals surface area contributed by atoms with Gasteiger partial charge in [0.1, 0.15) is 0 Å². The van der Waals surface area contributed by atoms with Crippen LogP contribution >= 0.6 is 0 Å². The maximum atomic E-state index is 12.1. The number of nitrogens with one attached hydrogen (secondary N) is 1. The molecule has 2 N–H and O–H groups in total. The summed E-state index contributed by atoms with van der Waals surface area (Å²) in [5.41, 5.74) is 0. The number of rotatable bonds is 6. The molecule has 0 spiro atoms. The molecule has 3 atom stereocenters. The van der Waals surface area contributed by atoms with Crippen LogP contribution in [0.1, 0.15) is 52.9 Å². The lowest BCUT2D eigenvalue weighted by Crippen LogP contribution is -2.53. The summed E-state index contributed by atoms with van der Waals surface area (Å²) in [6, 6.07) is -0.0970. The van der Waals surface area contributed by atoms with Crippen molar-refractivity contribution >= 4 is 11.9 Å². The van der Waals surface area contributed by atoms with Crippen LogP contribution in [0.4, 0.5) is 0 Å². The van der Waals surface area contributed by atoms with Crippen molar-refractivity contribution in [2.75, 3.05) is 6.54 Å². The van der Waals surface area contributed by atoms with Crippen LogP contribution < -0.4 is 5.32 Å². The summed E-state index contributed by atoms with van der Waals surface area (Å²) in [7, 11) is 0. The number of hydrogen-bond acceptors (Lipinski definition) is 3. The van der Waals surface area contributed by atoms with Gasteiger partial charge in [0.25, 0.3) is 0 Å². The van der Waals surface area contributed by atoms with E-state index in [2.05, 4.69) is 10.2 Å². The summed E-state index contributed by atoms with van der Waals surface area (Å²) < 4.78 is 0. The lowest BCUT2D eigenvalue weighted by Gasteiger charge is -2.38. The Bertz CT molecular complexity index is 320. The fourth-order valence-electron chi connectivity index (χ4n) is 2.57. The molecule has 1 fully saturated rings. The second kappa shape index (κ2) is 7.48. The van der Waals surface area contributed by atoms with Crippen LogP contribution in [-0.4, -0.2) is 46.6 Å². The van der Waals surface area contributed by atoms with Gasteiger partial charge < -0.3 is 10.4 Å². The number of amides is 1. The fourth-order valence-corrected chi connectivity index (χ4v) is 2.57. The van der Waals surface area contributed by atoms with E-state index >= 15 is 0 Å². The van der Waals surface area contributed by atoms with Gasteiger partial charge in [0, 0.05) is 12.1 Å². The van der Waals surface area contributed by atoms with Gasteiger partial charge >= 0.3 is 5.97 Å². The van der Waals surface area contributed by atoms with E-state index in [0.29, 0.717) is 0 Å². The number of hydrogen-bond donors (Lipinski definition) is 2. The Hall–Kier alpha value is -1.10. The van der Waals surface area contributed by atoms with Crippen LogP contribution in [0.3, 0.4) is 0 Å². The highest BCUT2D eigenvalue weighted by Crippen LogP contribution is 2.22. The SMILES string of the molecule is CCC(C)NC(=O)C(C)N1CCCCC1CC(=O)O. The minimum Gasteiger partial charge on any atom is -0.481 e. The topological polar surface area (TPSA) is 69.6 Å². The predicted octanol–water partition coefficient (Wildman–Crippen LogP) is 1.62. The number of aliphatic carboxylic acids is 1. The molecule has 0 aromatic heterocycles. The Morgan fingerprint density at radius 1 is 1.37 bits per heavy atom. The van der Waals surface area contributed by atoms with Gasteiger partial charge in [-0.2, -0.15) is 0 Å². The lowest BCUT2D eigenvalue weighted by molar-refractivity contribution is -0.140. The van der Waals surface area contributed by atoms with Crippen LogP contribution in [0.5, 0.6) is 0 Å². The van der Waals surface area contributed by atoms with Crippen LogP contribution in [0.2, 0.25) is 0 Å². The van der Waals surface area contributed by atoms with Gasteiger partial charge in [-0.25, -0.2) is 0 Å². The first-order valence-corrected chi connectivity index (χ1v) is 7.23. The van der Waals surface area contributed by atoms with Crippen LogP contribution in [0.15, 0.2) is 0 Å². The third-order valence-electron chi connectivity index (χ3n) is 3.96. The molecule has 1 aliphatic rings. The van der Waals surface area contributed by atoms with Crippen LogP contribution in [0, 0.1) is 0 Å². The molecule has 19 heavy (non-hydrogen) atoms. The summed E-state index contributed by atoms with van der Waals surface area (Å²) in [6.45, 7) is 6.70. The molecule has 3 unspecified atom stereocenters. The molecule has 1 amide bonds. The van der Waals surface area contributed by atoms with Crippen molar-refractivity contribution in [3.05, 3.63) is 0 Å². The predicted molar refractivity (Wildman–Crippen MR) is 74.0 cm³/mol. The molecule has 110 valence electrons. The van der Waals surface area contributed by atoms with Crippen molar-refractivity contribution in [3.8, 4) is 0 Å². The molecule has 0 radical (unpaired) electrons. The zero-order valence-electron chi connectivity index (χ0n) is 12.2. The highest BCUT2D eigenvalue weighted by molar-refractivity contribution is 5.81. The van der Waals surface area contributed by atoms with Gasteiger partial charge in [0.2, 0.25) is 5.91 Å². The number of carbonyl (C=O) groups excluding carboxylic acids is 1. The number of carboxylic acid groups (broad SMARTS) is 1. The van der Waals surface area contributed by atoms with Gasteiger partial charge in [-0.3, -0.25) is 14.5 Å². The molecule has 5 heteroatoms. The Labute approximate surface area is 115 Å².